The number of rotatable bonds is 0. The van der Waals surface area contributed by atoms with Crippen LogP contribution in [0.5, 0.6) is 0 Å². The monoisotopic (exact) mass is 173 g/mol. The van der Waals surface area contributed by atoms with Crippen molar-refractivity contribution in [2.75, 3.05) is 0 Å². The molecule has 0 fully saturated rings. The number of hydrogen-bond acceptors (Lipinski definition) is 4. The molecule has 0 aliphatic carbocycles. The predicted molar refractivity (Wildman–Crippen MR) is 28.2 cm³/mol. The first-order valence-corrected chi connectivity index (χ1v) is 6.89. The molecule has 0 atom stereocenters. The summed E-state index contributed by atoms with van der Waals surface area (Å²) < 4.78 is 5.94. The Balaban J connectivity index is 4.84. The second-order valence-electron chi connectivity index (χ2n) is 1.38. The number of hydrogen-bond donors (Lipinski definition) is 0. The fraction of sp³-hybridized carbons (Fsp3) is 0. The molecule has 0 N–H and O–H groups in total. The van der Waals surface area contributed by atoms with Crippen molar-refractivity contribution in [2.24, 2.45) is 0 Å². The van der Waals surface area contributed by atoms with E-state index >= 15 is 0 Å². The van der Waals surface area contributed by atoms with Crippen molar-refractivity contribution in [1.29, 1.82) is 21.0 Å². The molecule has 0 bridgehead atoms. The van der Waals surface area contributed by atoms with Crippen molar-refractivity contribution >= 4 is 15.0 Å². The normalized spacial score (nSPS) is 7.56. The molecule has 0 aliphatic heterocycles. The molecule has 0 amide bonds. The molecule has 0 radical (unpaired) electrons. The fourth-order valence-electron chi connectivity index (χ4n) is 0.173. The van der Waals surface area contributed by atoms with E-state index in [0.717, 1.165) is 0 Å². The van der Waals surface area contributed by atoms with Crippen LogP contribution >= 0.6 is 0 Å². The zero-order valence-electron chi connectivity index (χ0n) is 4.37. The van der Waals surface area contributed by atoms with Crippen LogP contribution in [0, 0.1) is 39.5 Å². The Morgan fingerprint density at radius 1 is 0.667 bits per heavy atom. The van der Waals surface area contributed by atoms with Crippen LogP contribution in [0.2, 0.25) is 0 Å². The van der Waals surface area contributed by atoms with Crippen LogP contribution in [-0.2, 0) is 0 Å². The Bertz CT molecular complexity index is 205. The zero-order chi connectivity index (χ0) is 7.33. The van der Waals surface area contributed by atoms with E-state index in [-0.39, 0.29) is 0 Å². The van der Waals surface area contributed by atoms with Gasteiger partial charge in [-0.05, 0) is 0 Å². The molecule has 0 saturated heterocycles. The molecule has 0 rings (SSSR count). The molecule has 4 nitrogen and oxygen atoms in total. The summed E-state index contributed by atoms with van der Waals surface area (Å²) in [5, 5.41) is 32.6. The minimum atomic E-state index is -4.10. The van der Waals surface area contributed by atoms with E-state index in [2.05, 4.69) is 0 Å². The molecular weight excluding hydrogens is 174 g/mol. The molecule has 0 unspecified atom stereocenters. The van der Waals surface area contributed by atoms with E-state index in [1.165, 1.54) is 18.5 Å². The molecule has 5 heteroatoms. The van der Waals surface area contributed by atoms with E-state index in [4.69, 9.17) is 21.0 Å². The molecule has 0 aromatic rings. The fourth-order valence-corrected chi connectivity index (χ4v) is 0.900. The van der Waals surface area contributed by atoms with Gasteiger partial charge in [-0.25, -0.2) is 0 Å². The van der Waals surface area contributed by atoms with E-state index < -0.39 is 15.0 Å². The Hall–Kier alpha value is -1.40. The minimum absolute atomic E-state index is 1.48. The van der Waals surface area contributed by atoms with Crippen molar-refractivity contribution in [2.45, 2.75) is 0 Å². The maximum absolute atomic E-state index is 8.15. The van der Waals surface area contributed by atoms with Crippen molar-refractivity contribution < 1.29 is 0 Å². The Kier molecular flexibility index (Phi) is 2.36. The van der Waals surface area contributed by atoms with E-state index in [9.17, 15) is 0 Å². The first-order chi connectivity index (χ1) is 4.24. The van der Waals surface area contributed by atoms with Gasteiger partial charge >= 0.3 is 54.6 Å². The topological polar surface area (TPSA) is 95.2 Å². The summed E-state index contributed by atoms with van der Waals surface area (Å²) in [6.07, 6.45) is 0. The third-order valence-corrected chi connectivity index (χ3v) is 4.02. The van der Waals surface area contributed by atoms with Gasteiger partial charge in [0, 0.05) is 0 Å². The molecule has 0 aromatic heterocycles. The Labute approximate surface area is 55.0 Å². The molecule has 0 saturated carbocycles. The SMILES string of the molecule is N#[C][Ga-]([C]#N)([C]#N)[C]#N. The molecule has 0 heterocycles. The molecule has 0 spiro atoms. The van der Waals surface area contributed by atoms with Crippen LogP contribution in [0.3, 0.4) is 0 Å². The quantitative estimate of drug-likeness (QED) is 0.470. The van der Waals surface area contributed by atoms with Crippen molar-refractivity contribution in [3.05, 3.63) is 0 Å². The zero-order valence-corrected chi connectivity index (χ0v) is 6.79. The second-order valence-corrected chi connectivity index (χ2v) is 7.18. The van der Waals surface area contributed by atoms with Crippen molar-refractivity contribution in [3.8, 4) is 18.5 Å². The van der Waals surface area contributed by atoms with Crippen LogP contribution < -0.4 is 0 Å². The average Bonchev–Trinajstić information content (AvgIpc) is 1.95. The van der Waals surface area contributed by atoms with Crippen LogP contribution in [0.25, 0.3) is 0 Å². The Morgan fingerprint density at radius 2 is 0.889 bits per heavy atom. The van der Waals surface area contributed by atoms with E-state index in [1.807, 2.05) is 0 Å². The number of nitriles is 4. The van der Waals surface area contributed by atoms with E-state index in [0.29, 0.717) is 0 Å². The summed E-state index contributed by atoms with van der Waals surface area (Å²) in [5.41, 5.74) is 0. The van der Waals surface area contributed by atoms with Gasteiger partial charge in [0.05, 0.1) is 0 Å². The summed E-state index contributed by atoms with van der Waals surface area (Å²) in [5.74, 6) is 0. The van der Waals surface area contributed by atoms with Crippen LogP contribution in [0.1, 0.15) is 0 Å². The van der Waals surface area contributed by atoms with E-state index in [1.54, 1.807) is 0 Å². The summed E-state index contributed by atoms with van der Waals surface area (Å²) in [6.45, 7) is 0. The van der Waals surface area contributed by atoms with Gasteiger partial charge in [0.15, 0.2) is 0 Å². The standard InChI is InChI=1S/4CN.Ga/c4*1-2;/q;;;;-1. The van der Waals surface area contributed by atoms with Crippen LogP contribution in [0.4, 0.5) is 0 Å². The summed E-state index contributed by atoms with van der Waals surface area (Å²) >= 11 is -4.10. The molecular formula is C4GaN4-. The van der Waals surface area contributed by atoms with Crippen molar-refractivity contribution in [1.82, 2.24) is 0 Å². The van der Waals surface area contributed by atoms with Gasteiger partial charge in [-0.1, -0.05) is 0 Å². The third kappa shape index (κ3) is 1.24. The van der Waals surface area contributed by atoms with Crippen molar-refractivity contribution in [3.63, 3.8) is 0 Å². The number of nitrogens with zero attached hydrogens (tertiary/aromatic N) is 4. The molecule has 0 aliphatic rings. The molecule has 0 aromatic carbocycles. The first kappa shape index (κ1) is 7.60. The summed E-state index contributed by atoms with van der Waals surface area (Å²) in [6, 6.07) is 0. The van der Waals surface area contributed by atoms with Gasteiger partial charge in [-0.3, -0.25) is 0 Å². The second kappa shape index (κ2) is 2.80. The van der Waals surface area contributed by atoms with Gasteiger partial charge < -0.3 is 0 Å². The Morgan fingerprint density at radius 3 is 0.889 bits per heavy atom. The maximum atomic E-state index is 8.15. The van der Waals surface area contributed by atoms with Gasteiger partial charge in [0.2, 0.25) is 0 Å². The van der Waals surface area contributed by atoms with Crippen LogP contribution in [-0.4, -0.2) is 15.0 Å². The predicted octanol–water partition coefficient (Wildman–Crippen LogP) is -0.314. The van der Waals surface area contributed by atoms with Crippen LogP contribution in [0.15, 0.2) is 0 Å². The average molecular weight is 174 g/mol. The third-order valence-electron chi connectivity index (χ3n) is 0.775. The van der Waals surface area contributed by atoms with Gasteiger partial charge in [-0.2, -0.15) is 0 Å². The van der Waals surface area contributed by atoms with Gasteiger partial charge in [-0.15, -0.1) is 0 Å². The molecule has 40 valence electrons. The summed E-state index contributed by atoms with van der Waals surface area (Å²) in [7, 11) is 0. The van der Waals surface area contributed by atoms with Gasteiger partial charge in [0.25, 0.3) is 0 Å². The van der Waals surface area contributed by atoms with Gasteiger partial charge in [0.1, 0.15) is 0 Å². The molecule has 9 heavy (non-hydrogen) atoms. The summed E-state index contributed by atoms with van der Waals surface area (Å²) in [4.78, 5) is 0. The first-order valence-electron chi connectivity index (χ1n) is 2.05.